The van der Waals surface area contributed by atoms with Crippen LogP contribution >= 0.6 is 0 Å². The van der Waals surface area contributed by atoms with E-state index in [0.717, 1.165) is 54.4 Å². The van der Waals surface area contributed by atoms with Crippen molar-refractivity contribution >= 4 is 17.4 Å². The average molecular weight is 490 g/mol. The number of amides is 2. The SMILES string of the molecule is NC1CCCC(C(=O)NCCCCC2(C(=O)NCC(F)(F)F)C3=CCCC=C3c3ccccc32)C1. The zero-order valence-corrected chi connectivity index (χ0v) is 19.9. The largest absolute Gasteiger partial charge is 0.405 e. The average Bonchev–Trinajstić information content (AvgIpc) is 3.13. The number of benzene rings is 1. The molecule has 3 aliphatic rings. The highest BCUT2D eigenvalue weighted by Crippen LogP contribution is 2.54. The van der Waals surface area contributed by atoms with Crippen molar-refractivity contribution in [1.29, 1.82) is 0 Å². The number of carbonyl (C=O) groups excluding carboxylic acids is 2. The predicted molar refractivity (Wildman–Crippen MR) is 129 cm³/mol. The zero-order chi connectivity index (χ0) is 25.1. The van der Waals surface area contributed by atoms with Crippen molar-refractivity contribution < 1.29 is 22.8 Å². The molecule has 190 valence electrons. The number of hydrogen-bond donors (Lipinski definition) is 3. The molecule has 0 spiro atoms. The van der Waals surface area contributed by atoms with Gasteiger partial charge in [-0.15, -0.1) is 0 Å². The molecule has 0 aromatic heterocycles. The van der Waals surface area contributed by atoms with Gasteiger partial charge in [0.05, 0.1) is 5.41 Å². The van der Waals surface area contributed by atoms with Crippen molar-refractivity contribution in [3.8, 4) is 0 Å². The van der Waals surface area contributed by atoms with Gasteiger partial charge in [-0.25, -0.2) is 0 Å². The normalized spacial score (nSPS) is 25.7. The summed E-state index contributed by atoms with van der Waals surface area (Å²) in [5.41, 5.74) is 8.29. The number of allylic oxidation sites excluding steroid dienone is 3. The van der Waals surface area contributed by atoms with E-state index in [-0.39, 0.29) is 17.9 Å². The number of fused-ring (bicyclic) bond motifs is 3. The summed E-state index contributed by atoms with van der Waals surface area (Å²) < 4.78 is 38.9. The second kappa shape index (κ2) is 10.6. The maximum absolute atomic E-state index is 13.5. The molecule has 1 aromatic rings. The molecule has 4 N–H and O–H groups in total. The molecular weight excluding hydrogens is 455 g/mol. The van der Waals surface area contributed by atoms with E-state index < -0.39 is 24.0 Å². The van der Waals surface area contributed by atoms with E-state index in [4.69, 9.17) is 5.73 Å². The van der Waals surface area contributed by atoms with Crippen molar-refractivity contribution in [1.82, 2.24) is 10.6 Å². The number of hydrogen-bond acceptors (Lipinski definition) is 3. The van der Waals surface area contributed by atoms with Crippen molar-refractivity contribution in [2.45, 2.75) is 75.4 Å². The highest BCUT2D eigenvalue weighted by molar-refractivity contribution is 6.05. The number of unbranched alkanes of at least 4 members (excludes halogenated alkanes) is 1. The van der Waals surface area contributed by atoms with Crippen molar-refractivity contribution in [2.75, 3.05) is 13.1 Å². The first-order chi connectivity index (χ1) is 16.7. The Kier molecular flexibility index (Phi) is 7.69. The van der Waals surface area contributed by atoms with E-state index in [0.29, 0.717) is 32.2 Å². The molecule has 3 aliphatic carbocycles. The van der Waals surface area contributed by atoms with E-state index in [9.17, 15) is 22.8 Å². The minimum absolute atomic E-state index is 0.0178. The topological polar surface area (TPSA) is 84.2 Å². The van der Waals surface area contributed by atoms with Gasteiger partial charge in [-0.05, 0) is 73.6 Å². The molecule has 3 unspecified atom stereocenters. The van der Waals surface area contributed by atoms with Crippen LogP contribution in [0, 0.1) is 5.92 Å². The van der Waals surface area contributed by atoms with Crippen LogP contribution in [0.5, 0.6) is 0 Å². The summed E-state index contributed by atoms with van der Waals surface area (Å²) in [5, 5.41) is 5.16. The fourth-order valence-electron chi connectivity index (χ4n) is 5.87. The number of carbonyl (C=O) groups is 2. The smallest absolute Gasteiger partial charge is 0.356 e. The Bertz CT molecular complexity index is 1020. The maximum Gasteiger partial charge on any atom is 0.405 e. The molecule has 0 bridgehead atoms. The molecule has 0 saturated heterocycles. The van der Waals surface area contributed by atoms with Crippen LogP contribution in [0.3, 0.4) is 0 Å². The Labute approximate surface area is 204 Å². The number of halogens is 3. The lowest BCUT2D eigenvalue weighted by Gasteiger charge is -2.32. The van der Waals surface area contributed by atoms with Crippen LogP contribution in [0.1, 0.15) is 68.9 Å². The van der Waals surface area contributed by atoms with Crippen molar-refractivity contribution in [3.63, 3.8) is 0 Å². The van der Waals surface area contributed by atoms with Gasteiger partial charge in [-0.1, -0.05) is 42.8 Å². The molecular formula is C27H34F3N3O2. The fourth-order valence-corrected chi connectivity index (χ4v) is 5.87. The minimum atomic E-state index is -4.49. The predicted octanol–water partition coefficient (Wildman–Crippen LogP) is 4.52. The monoisotopic (exact) mass is 489 g/mol. The Hall–Kier alpha value is -2.61. The Morgan fingerprint density at radius 3 is 2.60 bits per heavy atom. The van der Waals surface area contributed by atoms with E-state index in [1.165, 1.54) is 0 Å². The molecule has 4 rings (SSSR count). The van der Waals surface area contributed by atoms with Gasteiger partial charge in [0.2, 0.25) is 11.8 Å². The van der Waals surface area contributed by atoms with Crippen LogP contribution in [0.15, 0.2) is 42.0 Å². The Balaban J connectivity index is 1.47. The first-order valence-electron chi connectivity index (χ1n) is 12.6. The fraction of sp³-hybridized carbons (Fsp3) is 0.556. The van der Waals surface area contributed by atoms with Gasteiger partial charge >= 0.3 is 6.18 Å². The molecule has 0 aliphatic heterocycles. The number of rotatable bonds is 8. The first-order valence-corrected chi connectivity index (χ1v) is 12.6. The molecule has 3 atom stereocenters. The van der Waals surface area contributed by atoms with E-state index in [1.54, 1.807) is 0 Å². The van der Waals surface area contributed by atoms with Crippen molar-refractivity contribution in [2.24, 2.45) is 11.7 Å². The Morgan fingerprint density at radius 2 is 1.83 bits per heavy atom. The summed E-state index contributed by atoms with van der Waals surface area (Å²) >= 11 is 0. The van der Waals surface area contributed by atoms with Gasteiger partial charge in [0.15, 0.2) is 0 Å². The minimum Gasteiger partial charge on any atom is -0.356 e. The Morgan fingerprint density at radius 1 is 1.06 bits per heavy atom. The molecule has 1 saturated carbocycles. The lowest BCUT2D eigenvalue weighted by Crippen LogP contribution is -2.47. The summed E-state index contributed by atoms with van der Waals surface area (Å²) in [7, 11) is 0. The molecule has 5 nitrogen and oxygen atoms in total. The number of nitrogens with one attached hydrogen (secondary N) is 2. The van der Waals surface area contributed by atoms with Crippen LogP contribution in [0.4, 0.5) is 13.2 Å². The van der Waals surface area contributed by atoms with Crippen LogP contribution in [0.2, 0.25) is 0 Å². The zero-order valence-electron chi connectivity index (χ0n) is 19.9. The van der Waals surface area contributed by atoms with E-state index in [2.05, 4.69) is 16.7 Å². The molecule has 1 fully saturated rings. The molecule has 0 radical (unpaired) electrons. The second-order valence-electron chi connectivity index (χ2n) is 9.93. The summed E-state index contributed by atoms with van der Waals surface area (Å²) in [6, 6.07) is 7.59. The first kappa shape index (κ1) is 25.5. The summed E-state index contributed by atoms with van der Waals surface area (Å²) in [6.45, 7) is -0.893. The molecule has 0 heterocycles. The molecule has 2 amide bonds. The maximum atomic E-state index is 13.5. The van der Waals surface area contributed by atoms with Gasteiger partial charge in [0.25, 0.3) is 0 Å². The number of alkyl halides is 3. The molecule has 35 heavy (non-hydrogen) atoms. The standard InChI is InChI=1S/C27H34F3N3O2/c28-27(29,30)17-33-25(35)26(14-5-6-15-32-24(34)18-8-7-9-19(31)16-18)22-12-3-1-10-20(22)21-11-2-4-13-23(21)26/h1,3,10-13,18-19H,2,4-9,14-17,31H2,(H,32,34)(H,33,35). The lowest BCUT2D eigenvalue weighted by molar-refractivity contribution is -0.141. The van der Waals surface area contributed by atoms with Gasteiger partial charge < -0.3 is 16.4 Å². The molecule has 1 aromatic carbocycles. The van der Waals surface area contributed by atoms with Crippen molar-refractivity contribution in [3.05, 3.63) is 53.1 Å². The van der Waals surface area contributed by atoms with Gasteiger partial charge in [0, 0.05) is 18.5 Å². The quantitative estimate of drug-likeness (QED) is 0.470. The highest BCUT2D eigenvalue weighted by atomic mass is 19.4. The van der Waals surface area contributed by atoms with E-state index >= 15 is 0 Å². The van der Waals surface area contributed by atoms with Gasteiger partial charge in [0.1, 0.15) is 6.54 Å². The third kappa shape index (κ3) is 5.47. The van der Waals surface area contributed by atoms with E-state index in [1.807, 2.05) is 30.3 Å². The third-order valence-electron chi connectivity index (χ3n) is 7.49. The lowest BCUT2D eigenvalue weighted by atomic mass is 9.72. The van der Waals surface area contributed by atoms with Crippen LogP contribution < -0.4 is 16.4 Å². The van der Waals surface area contributed by atoms with Crippen LogP contribution in [-0.4, -0.2) is 37.1 Å². The van der Waals surface area contributed by atoms with Gasteiger partial charge in [-0.2, -0.15) is 13.2 Å². The van der Waals surface area contributed by atoms with Crippen LogP contribution in [0.25, 0.3) is 5.57 Å². The summed E-state index contributed by atoms with van der Waals surface area (Å²) in [6.07, 6.45) is 6.26. The summed E-state index contributed by atoms with van der Waals surface area (Å²) in [5.74, 6) is -0.650. The molecule has 8 heteroatoms. The summed E-state index contributed by atoms with van der Waals surface area (Å²) in [4.78, 5) is 26.0. The third-order valence-corrected chi connectivity index (χ3v) is 7.49. The van der Waals surface area contributed by atoms with Gasteiger partial charge in [-0.3, -0.25) is 9.59 Å². The second-order valence-corrected chi connectivity index (χ2v) is 9.93. The number of nitrogens with two attached hydrogens (primary N) is 1. The highest BCUT2D eigenvalue weighted by Gasteiger charge is 2.51. The van der Waals surface area contributed by atoms with Crippen LogP contribution in [-0.2, 0) is 15.0 Å².